The average Bonchev–Trinajstić information content (AvgIpc) is 2.73. The SMILES string of the molecule is Cc1cccc(C)c1N1[CH-]N(c2c(C)cccc2C)CCCC1.[Pd]. The van der Waals surface area contributed by atoms with Crippen LogP contribution >= 0.6 is 0 Å². The van der Waals surface area contributed by atoms with Crippen LogP contribution in [0.5, 0.6) is 0 Å². The normalized spacial score (nSPS) is 15.0. The van der Waals surface area contributed by atoms with E-state index in [0.717, 1.165) is 13.1 Å². The number of hydrogen-bond donors (Lipinski definition) is 0. The molecule has 24 heavy (non-hydrogen) atoms. The first kappa shape index (κ1) is 19.0. The maximum atomic E-state index is 2.45. The average molecular weight is 414 g/mol. The minimum Gasteiger partial charge on any atom is -0.503 e. The van der Waals surface area contributed by atoms with Crippen molar-refractivity contribution in [3.8, 4) is 0 Å². The molecule has 1 heterocycles. The number of anilines is 2. The van der Waals surface area contributed by atoms with E-state index < -0.39 is 0 Å². The molecule has 3 rings (SSSR count). The summed E-state index contributed by atoms with van der Waals surface area (Å²) in [4.78, 5) is 4.90. The molecule has 0 radical (unpaired) electrons. The predicted octanol–water partition coefficient (Wildman–Crippen LogP) is 5.14. The van der Waals surface area contributed by atoms with Gasteiger partial charge in [-0.1, -0.05) is 36.4 Å². The summed E-state index contributed by atoms with van der Waals surface area (Å²) in [5, 5.41) is 0. The third-order valence-electron chi connectivity index (χ3n) is 4.78. The zero-order chi connectivity index (χ0) is 16.4. The molecule has 0 amide bonds. The van der Waals surface area contributed by atoms with Gasteiger partial charge in [0.15, 0.2) is 0 Å². The fourth-order valence-electron chi connectivity index (χ4n) is 3.70. The third-order valence-corrected chi connectivity index (χ3v) is 4.78. The smallest absolute Gasteiger partial charge is 0.0145 e. The van der Waals surface area contributed by atoms with Gasteiger partial charge in [-0.05, 0) is 75.9 Å². The molecule has 2 aromatic carbocycles. The summed E-state index contributed by atoms with van der Waals surface area (Å²) < 4.78 is 0. The second-order valence-electron chi connectivity index (χ2n) is 6.69. The van der Waals surface area contributed by atoms with E-state index in [0.29, 0.717) is 0 Å². The molecule has 0 atom stereocenters. The molecule has 0 aliphatic carbocycles. The second kappa shape index (κ2) is 8.19. The minimum absolute atomic E-state index is 0. The van der Waals surface area contributed by atoms with Crippen molar-refractivity contribution in [1.29, 1.82) is 0 Å². The van der Waals surface area contributed by atoms with Crippen LogP contribution in [-0.4, -0.2) is 13.1 Å². The Kier molecular flexibility index (Phi) is 6.49. The second-order valence-corrected chi connectivity index (χ2v) is 6.69. The molecule has 0 aromatic heterocycles. The molecular formula is C21H27N2Pd-. The summed E-state index contributed by atoms with van der Waals surface area (Å²) in [5.41, 5.74) is 8.14. The molecule has 0 unspecified atom stereocenters. The summed E-state index contributed by atoms with van der Waals surface area (Å²) in [6, 6.07) is 13.1. The van der Waals surface area contributed by atoms with Crippen LogP contribution in [0.3, 0.4) is 0 Å². The number of nitrogens with zero attached hydrogens (tertiary/aromatic N) is 2. The summed E-state index contributed by atoms with van der Waals surface area (Å²) in [6.07, 6.45) is 2.46. The maximum absolute atomic E-state index is 2.45. The Hall–Kier alpha value is -1.30. The van der Waals surface area contributed by atoms with E-state index in [4.69, 9.17) is 0 Å². The van der Waals surface area contributed by atoms with Crippen molar-refractivity contribution in [2.24, 2.45) is 0 Å². The van der Waals surface area contributed by atoms with Crippen molar-refractivity contribution in [2.75, 3.05) is 22.9 Å². The van der Waals surface area contributed by atoms with Crippen LogP contribution in [0, 0.1) is 34.4 Å². The Labute approximate surface area is 160 Å². The summed E-state index contributed by atoms with van der Waals surface area (Å²) in [6.45, 7) is 13.4. The van der Waals surface area contributed by atoms with E-state index in [2.05, 4.69) is 80.6 Å². The molecule has 1 fully saturated rings. The van der Waals surface area contributed by atoms with Crippen LogP contribution in [0.15, 0.2) is 36.4 Å². The Morgan fingerprint density at radius 1 is 0.667 bits per heavy atom. The predicted molar refractivity (Wildman–Crippen MR) is 100 cm³/mol. The van der Waals surface area contributed by atoms with Gasteiger partial charge in [0.2, 0.25) is 0 Å². The molecule has 1 saturated heterocycles. The zero-order valence-corrected chi connectivity index (χ0v) is 16.6. The van der Waals surface area contributed by atoms with Gasteiger partial charge in [-0.15, -0.1) is 0 Å². The molecular weight excluding hydrogens is 387 g/mol. The van der Waals surface area contributed by atoms with Gasteiger partial charge in [-0.2, -0.15) is 6.67 Å². The van der Waals surface area contributed by atoms with Gasteiger partial charge >= 0.3 is 0 Å². The van der Waals surface area contributed by atoms with Crippen molar-refractivity contribution in [1.82, 2.24) is 0 Å². The first-order chi connectivity index (χ1) is 11.1. The van der Waals surface area contributed by atoms with Crippen LogP contribution in [0.25, 0.3) is 0 Å². The fraction of sp³-hybridized carbons (Fsp3) is 0.381. The molecule has 0 spiro atoms. The zero-order valence-electron chi connectivity index (χ0n) is 15.1. The molecule has 1 aliphatic heterocycles. The Morgan fingerprint density at radius 2 is 1.00 bits per heavy atom. The molecule has 0 bridgehead atoms. The molecule has 2 nitrogen and oxygen atoms in total. The van der Waals surface area contributed by atoms with Gasteiger partial charge in [-0.25, -0.2) is 0 Å². The molecule has 2 aromatic rings. The van der Waals surface area contributed by atoms with Gasteiger partial charge in [0.25, 0.3) is 0 Å². The molecule has 0 saturated carbocycles. The van der Waals surface area contributed by atoms with Crippen LogP contribution in [0.4, 0.5) is 11.4 Å². The van der Waals surface area contributed by atoms with Gasteiger partial charge in [0.05, 0.1) is 0 Å². The van der Waals surface area contributed by atoms with Crippen molar-refractivity contribution in [3.63, 3.8) is 0 Å². The quantitative estimate of drug-likeness (QED) is 0.496. The molecule has 132 valence electrons. The van der Waals surface area contributed by atoms with Crippen molar-refractivity contribution >= 4 is 11.4 Å². The van der Waals surface area contributed by atoms with E-state index in [9.17, 15) is 0 Å². The number of para-hydroxylation sites is 2. The summed E-state index contributed by atoms with van der Waals surface area (Å²) in [5.74, 6) is 0. The Bertz CT molecular complexity index is 596. The van der Waals surface area contributed by atoms with Crippen LogP contribution in [0.1, 0.15) is 35.1 Å². The van der Waals surface area contributed by atoms with Crippen LogP contribution in [0.2, 0.25) is 0 Å². The largest absolute Gasteiger partial charge is 0.503 e. The number of rotatable bonds is 2. The monoisotopic (exact) mass is 413 g/mol. The first-order valence-corrected chi connectivity index (χ1v) is 8.58. The molecule has 0 N–H and O–H groups in total. The van der Waals surface area contributed by atoms with Gasteiger partial charge in [0, 0.05) is 31.8 Å². The van der Waals surface area contributed by atoms with E-state index in [-0.39, 0.29) is 20.4 Å². The van der Waals surface area contributed by atoms with E-state index in [1.54, 1.807) is 0 Å². The Morgan fingerprint density at radius 3 is 1.33 bits per heavy atom. The van der Waals surface area contributed by atoms with Gasteiger partial charge in [0.1, 0.15) is 0 Å². The van der Waals surface area contributed by atoms with E-state index in [1.165, 1.54) is 46.5 Å². The van der Waals surface area contributed by atoms with Crippen molar-refractivity contribution < 1.29 is 20.4 Å². The van der Waals surface area contributed by atoms with Crippen molar-refractivity contribution in [2.45, 2.75) is 40.5 Å². The number of aryl methyl sites for hydroxylation is 4. The van der Waals surface area contributed by atoms with Gasteiger partial charge in [-0.3, -0.25) is 0 Å². The summed E-state index contributed by atoms with van der Waals surface area (Å²) in [7, 11) is 0. The van der Waals surface area contributed by atoms with E-state index >= 15 is 0 Å². The standard InChI is InChI=1S/C21H27N2.Pd/c1-16-9-7-10-17(2)20(16)22-13-5-6-14-23(15-22)21-18(3)11-8-12-19(21)4;/h7-12,15H,5-6,13-14H2,1-4H3;/q-1;. The van der Waals surface area contributed by atoms with E-state index in [1.807, 2.05) is 0 Å². The van der Waals surface area contributed by atoms with Gasteiger partial charge < -0.3 is 9.80 Å². The third kappa shape index (κ3) is 3.85. The number of benzene rings is 2. The first-order valence-electron chi connectivity index (χ1n) is 8.58. The van der Waals surface area contributed by atoms with Crippen molar-refractivity contribution in [3.05, 3.63) is 65.3 Å². The topological polar surface area (TPSA) is 6.48 Å². The molecule has 1 aliphatic rings. The Balaban J connectivity index is 0.00000208. The fourth-order valence-corrected chi connectivity index (χ4v) is 3.70. The maximum Gasteiger partial charge on any atom is 0.0145 e. The molecule has 3 heteroatoms. The minimum atomic E-state index is 0. The van der Waals surface area contributed by atoms with Crippen LogP contribution < -0.4 is 9.80 Å². The summed E-state index contributed by atoms with van der Waals surface area (Å²) >= 11 is 0. The number of hydrogen-bond acceptors (Lipinski definition) is 2. The van der Waals surface area contributed by atoms with Crippen LogP contribution in [-0.2, 0) is 20.4 Å².